The van der Waals surface area contributed by atoms with E-state index in [4.69, 9.17) is 27.6 Å². The van der Waals surface area contributed by atoms with E-state index in [1.54, 1.807) is 36.0 Å². The van der Waals surface area contributed by atoms with Crippen LogP contribution in [-0.4, -0.2) is 21.6 Å². The molecule has 0 radical (unpaired) electrons. The minimum atomic E-state index is -0.403. The molecular formula is C36H26Cl2N2O4S2. The molecule has 9 rings (SSSR count). The van der Waals surface area contributed by atoms with Gasteiger partial charge in [-0.05, 0) is 78.3 Å². The van der Waals surface area contributed by atoms with Gasteiger partial charge in [-0.15, -0.1) is 11.8 Å². The molecule has 5 aromatic rings. The van der Waals surface area contributed by atoms with Gasteiger partial charge in [0, 0.05) is 15.8 Å². The van der Waals surface area contributed by atoms with E-state index in [1.807, 2.05) is 71.3 Å². The summed E-state index contributed by atoms with van der Waals surface area (Å²) in [5.41, 5.74) is 2.41. The van der Waals surface area contributed by atoms with E-state index in [2.05, 4.69) is 0 Å². The van der Waals surface area contributed by atoms with Crippen LogP contribution in [0.25, 0.3) is 11.3 Å². The Bertz CT molecular complexity index is 2090. The molecule has 230 valence electrons. The Kier molecular flexibility index (Phi) is 6.69. The molecule has 4 heterocycles. The first-order valence-corrected chi connectivity index (χ1v) is 17.8. The van der Waals surface area contributed by atoms with Crippen LogP contribution in [0.5, 0.6) is 0 Å². The maximum absolute atomic E-state index is 14.1. The fourth-order valence-corrected chi connectivity index (χ4v) is 12.0. The standard InChI is InChI=1S/C36H26Cl2N2O4S2/c37-19-10-12-20(13-11-19)40-33(41)28-22-16-23(29(28)34(40)42)31-27(22)30(26-15-14-25(44-26)21-8-4-5-9-24(21)38)32-35(45-31)39(36(43)46-32)17-18-6-2-1-3-7-18/h1-15,22-23,27-31H,16-17H2/t22-,23+,27-,28+,29+,30-,31-/m0/s1. The SMILES string of the molecule is O=C1[C@@H]2[C@H]3C[C@@H]([C@@H]4Sc5c(sc(=O)n5Cc5ccccc5)[C@@H](c5ccc(-c6ccccc6Cl)o5)[C@H]34)[C@H]2C(=O)N1c1ccc(Cl)cc1. The highest BCUT2D eigenvalue weighted by Gasteiger charge is 2.70. The number of nitrogens with zero attached hydrogens (tertiary/aromatic N) is 2. The Balaban J connectivity index is 1.16. The minimum Gasteiger partial charge on any atom is -0.460 e. The highest BCUT2D eigenvalue weighted by molar-refractivity contribution is 8.00. The number of anilines is 1. The lowest BCUT2D eigenvalue weighted by molar-refractivity contribution is -0.123. The lowest BCUT2D eigenvalue weighted by Gasteiger charge is -2.42. The normalized spacial score (nSPS) is 27.6. The van der Waals surface area contributed by atoms with Crippen molar-refractivity contribution in [2.24, 2.45) is 29.6 Å². The zero-order chi connectivity index (χ0) is 31.3. The summed E-state index contributed by atoms with van der Waals surface area (Å²) in [6.45, 7) is 0.466. The molecule has 7 atom stereocenters. The number of aromatic nitrogens is 1. The van der Waals surface area contributed by atoms with Crippen molar-refractivity contribution in [2.45, 2.75) is 29.2 Å². The number of benzene rings is 3. The quantitative estimate of drug-likeness (QED) is 0.175. The van der Waals surface area contributed by atoms with Crippen molar-refractivity contribution in [3.8, 4) is 11.3 Å². The third kappa shape index (κ3) is 4.20. The van der Waals surface area contributed by atoms with Gasteiger partial charge in [0.25, 0.3) is 0 Å². The van der Waals surface area contributed by atoms with Crippen LogP contribution in [0.2, 0.25) is 10.0 Å². The van der Waals surface area contributed by atoms with Gasteiger partial charge >= 0.3 is 4.87 Å². The van der Waals surface area contributed by atoms with E-state index in [-0.39, 0.29) is 51.5 Å². The summed E-state index contributed by atoms with van der Waals surface area (Å²) in [6, 6.07) is 28.4. The first-order chi connectivity index (χ1) is 22.4. The molecule has 10 heteroatoms. The maximum Gasteiger partial charge on any atom is 0.308 e. The van der Waals surface area contributed by atoms with Gasteiger partial charge in [-0.1, -0.05) is 77.0 Å². The molecule has 4 aliphatic rings. The zero-order valence-electron chi connectivity index (χ0n) is 24.2. The number of thioether (sulfide) groups is 1. The zero-order valence-corrected chi connectivity index (χ0v) is 27.4. The number of hydrogen-bond donors (Lipinski definition) is 0. The average Bonchev–Trinajstić information content (AvgIpc) is 3.87. The van der Waals surface area contributed by atoms with E-state index in [9.17, 15) is 14.4 Å². The summed E-state index contributed by atoms with van der Waals surface area (Å²) in [4.78, 5) is 44.1. The summed E-state index contributed by atoms with van der Waals surface area (Å²) >= 11 is 15.7. The molecule has 2 amide bonds. The van der Waals surface area contributed by atoms with Crippen molar-refractivity contribution in [3.05, 3.63) is 127 Å². The third-order valence-corrected chi connectivity index (χ3v) is 13.7. The van der Waals surface area contributed by atoms with Gasteiger partial charge < -0.3 is 4.42 Å². The van der Waals surface area contributed by atoms with E-state index in [0.717, 1.165) is 33.2 Å². The van der Waals surface area contributed by atoms with Gasteiger partial charge in [-0.3, -0.25) is 23.9 Å². The number of thiazole rings is 1. The molecule has 3 aromatic carbocycles. The molecule has 46 heavy (non-hydrogen) atoms. The molecule has 2 aromatic heterocycles. The second-order valence-electron chi connectivity index (χ2n) is 12.5. The first-order valence-electron chi connectivity index (χ1n) is 15.3. The number of amides is 2. The van der Waals surface area contributed by atoms with Crippen LogP contribution in [0.1, 0.15) is 28.5 Å². The van der Waals surface area contributed by atoms with E-state index in [0.29, 0.717) is 28.0 Å². The third-order valence-electron chi connectivity index (χ3n) is 10.3. The van der Waals surface area contributed by atoms with Crippen LogP contribution < -0.4 is 9.77 Å². The van der Waals surface area contributed by atoms with E-state index < -0.39 is 5.92 Å². The number of rotatable bonds is 5. The molecule has 0 unspecified atom stereocenters. The van der Waals surface area contributed by atoms with Gasteiger partial charge in [0.1, 0.15) is 11.5 Å². The Morgan fingerprint density at radius 2 is 1.52 bits per heavy atom. The second-order valence-corrected chi connectivity index (χ2v) is 15.5. The number of halogens is 2. The van der Waals surface area contributed by atoms with Crippen LogP contribution in [0, 0.1) is 29.6 Å². The fourth-order valence-electron chi connectivity index (χ4n) is 8.51. The lowest BCUT2D eigenvalue weighted by atomic mass is 9.69. The molecule has 0 spiro atoms. The number of carbonyl (C=O) groups is 2. The summed E-state index contributed by atoms with van der Waals surface area (Å²) in [7, 11) is 0. The topological polar surface area (TPSA) is 72.5 Å². The van der Waals surface area contributed by atoms with Gasteiger partial charge in [-0.2, -0.15) is 0 Å². The van der Waals surface area contributed by atoms with Crippen molar-refractivity contribution in [1.29, 1.82) is 0 Å². The largest absolute Gasteiger partial charge is 0.460 e. The molecular weight excluding hydrogens is 659 g/mol. The van der Waals surface area contributed by atoms with Crippen molar-refractivity contribution >= 4 is 63.8 Å². The highest BCUT2D eigenvalue weighted by Crippen LogP contribution is 2.69. The molecule has 3 fully saturated rings. The number of imide groups is 1. The number of fused-ring (bicyclic) bond motifs is 9. The molecule has 6 nitrogen and oxygen atoms in total. The predicted octanol–water partition coefficient (Wildman–Crippen LogP) is 8.20. The van der Waals surface area contributed by atoms with Crippen LogP contribution in [0.4, 0.5) is 5.69 Å². The van der Waals surface area contributed by atoms with Crippen molar-refractivity contribution < 1.29 is 14.0 Å². The Morgan fingerprint density at radius 1 is 0.804 bits per heavy atom. The van der Waals surface area contributed by atoms with Gasteiger partial charge in [0.2, 0.25) is 11.8 Å². The summed E-state index contributed by atoms with van der Waals surface area (Å²) in [5, 5.41) is 2.14. The van der Waals surface area contributed by atoms with Crippen LogP contribution >= 0.6 is 46.3 Å². The summed E-state index contributed by atoms with van der Waals surface area (Å²) in [6.07, 6.45) is 0.802. The van der Waals surface area contributed by atoms with Crippen molar-refractivity contribution in [3.63, 3.8) is 0 Å². The summed E-state index contributed by atoms with van der Waals surface area (Å²) in [5.74, 6) is 0.161. The Labute approximate surface area is 282 Å². The highest BCUT2D eigenvalue weighted by atomic mass is 35.5. The lowest BCUT2D eigenvalue weighted by Crippen LogP contribution is -2.43. The van der Waals surface area contributed by atoms with Crippen molar-refractivity contribution in [2.75, 3.05) is 4.90 Å². The molecule has 2 aliphatic heterocycles. The fraction of sp³-hybridized carbons (Fsp3) is 0.250. The average molecular weight is 686 g/mol. The number of carbonyl (C=O) groups excluding carboxylic acids is 2. The molecule has 0 N–H and O–H groups in total. The van der Waals surface area contributed by atoms with Crippen LogP contribution in [-0.2, 0) is 16.1 Å². The van der Waals surface area contributed by atoms with Gasteiger partial charge in [0.05, 0.1) is 44.9 Å². The van der Waals surface area contributed by atoms with Gasteiger partial charge in [-0.25, -0.2) is 0 Å². The Morgan fingerprint density at radius 3 is 2.28 bits per heavy atom. The van der Waals surface area contributed by atoms with E-state index in [1.165, 1.54) is 16.2 Å². The predicted molar refractivity (Wildman–Crippen MR) is 181 cm³/mol. The smallest absolute Gasteiger partial charge is 0.308 e. The Hall–Kier alpha value is -3.56. The molecule has 2 bridgehead atoms. The number of hydrogen-bond acceptors (Lipinski definition) is 6. The first kappa shape index (κ1) is 28.6. The second kappa shape index (κ2) is 10.7. The monoisotopic (exact) mass is 684 g/mol. The van der Waals surface area contributed by atoms with Crippen molar-refractivity contribution in [1.82, 2.24) is 4.57 Å². The van der Waals surface area contributed by atoms with E-state index >= 15 is 0 Å². The van der Waals surface area contributed by atoms with Crippen LogP contribution in [0.15, 0.2) is 105 Å². The molecule has 2 saturated carbocycles. The van der Waals surface area contributed by atoms with Crippen LogP contribution in [0.3, 0.4) is 0 Å². The maximum atomic E-state index is 14.1. The summed E-state index contributed by atoms with van der Waals surface area (Å²) < 4.78 is 8.50. The molecule has 2 aliphatic carbocycles. The molecule has 1 saturated heterocycles. The van der Waals surface area contributed by atoms with Gasteiger partial charge in [0.15, 0.2) is 0 Å². The minimum absolute atomic E-state index is 0.00702. The number of furan rings is 1.